The molecule has 1 N–H and O–H groups in total. The second-order valence-electron chi connectivity index (χ2n) is 8.72. The van der Waals surface area contributed by atoms with Crippen LogP contribution in [0.15, 0.2) is 30.3 Å². The molecule has 2 bridgehead atoms. The highest BCUT2D eigenvalue weighted by Gasteiger charge is 2.47. The van der Waals surface area contributed by atoms with Gasteiger partial charge in [-0.2, -0.15) is 0 Å². The maximum atomic E-state index is 11.2. The first-order valence-electron chi connectivity index (χ1n) is 10.2. The fourth-order valence-corrected chi connectivity index (χ4v) is 5.62. The number of hydrogen-bond acceptors (Lipinski definition) is 2. The van der Waals surface area contributed by atoms with E-state index in [-0.39, 0.29) is 5.60 Å². The molecule has 2 unspecified atom stereocenters. The van der Waals surface area contributed by atoms with Gasteiger partial charge in [0.25, 0.3) is 0 Å². The van der Waals surface area contributed by atoms with Crippen molar-refractivity contribution in [3.8, 4) is 0 Å². The van der Waals surface area contributed by atoms with Gasteiger partial charge in [0.2, 0.25) is 0 Å². The standard InChI is InChI=1S/C22H33NO/c24-22(14-13-18-7-3-1-4-8-18)15-20-11-12-21(16-22)23(20)17-19-9-5-2-6-10-19/h2,5-6,9-10,18,20-21,24H,1,3-4,7-8,11-17H2. The molecule has 4 rings (SSSR count). The van der Waals surface area contributed by atoms with Gasteiger partial charge in [0.05, 0.1) is 5.60 Å². The van der Waals surface area contributed by atoms with Crippen molar-refractivity contribution in [1.82, 2.24) is 4.90 Å². The fourth-order valence-electron chi connectivity index (χ4n) is 5.62. The number of piperidine rings is 1. The summed E-state index contributed by atoms with van der Waals surface area (Å²) in [6.07, 6.45) is 13.9. The van der Waals surface area contributed by atoms with Crippen LogP contribution in [0, 0.1) is 5.92 Å². The van der Waals surface area contributed by atoms with Gasteiger partial charge in [0.1, 0.15) is 0 Å². The number of rotatable bonds is 5. The molecule has 0 spiro atoms. The molecular formula is C22H33NO. The van der Waals surface area contributed by atoms with Crippen LogP contribution < -0.4 is 0 Å². The van der Waals surface area contributed by atoms with Crippen molar-refractivity contribution in [3.05, 3.63) is 35.9 Å². The van der Waals surface area contributed by atoms with Crippen LogP contribution in [0.25, 0.3) is 0 Å². The summed E-state index contributed by atoms with van der Waals surface area (Å²) in [4.78, 5) is 2.68. The maximum Gasteiger partial charge on any atom is 0.0677 e. The zero-order valence-corrected chi connectivity index (χ0v) is 15.0. The highest BCUT2D eigenvalue weighted by atomic mass is 16.3. The SMILES string of the molecule is OC1(CCC2CCCCC2)CC2CCC(C1)N2Cc1ccccc1. The average molecular weight is 328 g/mol. The molecular weight excluding hydrogens is 294 g/mol. The molecule has 1 aromatic carbocycles. The minimum atomic E-state index is -0.379. The third kappa shape index (κ3) is 3.70. The lowest BCUT2D eigenvalue weighted by atomic mass is 9.78. The molecule has 1 aromatic rings. The highest BCUT2D eigenvalue weighted by molar-refractivity contribution is 5.16. The lowest BCUT2D eigenvalue weighted by molar-refractivity contribution is -0.0635. The second kappa shape index (κ2) is 7.17. The summed E-state index contributed by atoms with van der Waals surface area (Å²) in [5.41, 5.74) is 1.04. The van der Waals surface area contributed by atoms with E-state index in [0.29, 0.717) is 12.1 Å². The van der Waals surface area contributed by atoms with Crippen LogP contribution in [0.4, 0.5) is 0 Å². The van der Waals surface area contributed by atoms with Gasteiger partial charge in [0, 0.05) is 18.6 Å². The molecule has 0 aromatic heterocycles. The summed E-state index contributed by atoms with van der Waals surface area (Å²) in [6, 6.07) is 12.1. The minimum Gasteiger partial charge on any atom is -0.390 e. The smallest absolute Gasteiger partial charge is 0.0677 e. The van der Waals surface area contributed by atoms with Gasteiger partial charge >= 0.3 is 0 Å². The number of fused-ring (bicyclic) bond motifs is 2. The highest BCUT2D eigenvalue weighted by Crippen LogP contribution is 2.44. The van der Waals surface area contributed by atoms with Gasteiger partial charge in [-0.15, -0.1) is 0 Å². The van der Waals surface area contributed by atoms with Crippen molar-refractivity contribution < 1.29 is 5.11 Å². The van der Waals surface area contributed by atoms with Crippen molar-refractivity contribution >= 4 is 0 Å². The molecule has 2 nitrogen and oxygen atoms in total. The first-order valence-corrected chi connectivity index (χ1v) is 10.2. The Bertz CT molecular complexity index is 508. The molecule has 3 aliphatic rings. The predicted molar refractivity (Wildman–Crippen MR) is 98.8 cm³/mol. The molecule has 24 heavy (non-hydrogen) atoms. The summed E-state index contributed by atoms with van der Waals surface area (Å²) in [5.74, 6) is 0.891. The normalized spacial score (nSPS) is 34.5. The minimum absolute atomic E-state index is 0.379. The Morgan fingerprint density at radius 2 is 1.58 bits per heavy atom. The largest absolute Gasteiger partial charge is 0.390 e. The van der Waals surface area contributed by atoms with Crippen LogP contribution >= 0.6 is 0 Å². The molecule has 1 saturated carbocycles. The van der Waals surface area contributed by atoms with Crippen LogP contribution in [-0.4, -0.2) is 27.7 Å². The van der Waals surface area contributed by atoms with Gasteiger partial charge in [-0.3, -0.25) is 4.90 Å². The summed E-state index contributed by atoms with van der Waals surface area (Å²) in [5, 5.41) is 11.2. The molecule has 2 heterocycles. The van der Waals surface area contributed by atoms with Crippen molar-refractivity contribution in [1.29, 1.82) is 0 Å². The molecule has 0 amide bonds. The average Bonchev–Trinajstić information content (AvgIpc) is 2.86. The van der Waals surface area contributed by atoms with Crippen molar-refractivity contribution in [3.63, 3.8) is 0 Å². The van der Waals surface area contributed by atoms with Crippen molar-refractivity contribution in [2.24, 2.45) is 5.92 Å². The Kier molecular flexibility index (Phi) is 4.96. The Hall–Kier alpha value is -0.860. The Morgan fingerprint density at radius 1 is 0.917 bits per heavy atom. The lowest BCUT2D eigenvalue weighted by Gasteiger charge is -2.44. The zero-order chi connectivity index (χ0) is 16.4. The van der Waals surface area contributed by atoms with E-state index in [4.69, 9.17) is 0 Å². The third-order valence-corrected chi connectivity index (χ3v) is 6.95. The second-order valence-corrected chi connectivity index (χ2v) is 8.72. The van der Waals surface area contributed by atoms with Gasteiger partial charge in [-0.25, -0.2) is 0 Å². The number of benzene rings is 1. The van der Waals surface area contributed by atoms with E-state index in [2.05, 4.69) is 35.2 Å². The molecule has 1 aliphatic carbocycles. The van der Waals surface area contributed by atoms with Crippen LogP contribution in [0.5, 0.6) is 0 Å². The summed E-state index contributed by atoms with van der Waals surface area (Å²) < 4.78 is 0. The van der Waals surface area contributed by atoms with E-state index in [1.165, 1.54) is 56.9 Å². The monoisotopic (exact) mass is 327 g/mol. The van der Waals surface area contributed by atoms with E-state index in [9.17, 15) is 5.11 Å². The van der Waals surface area contributed by atoms with Crippen LogP contribution in [0.1, 0.15) is 76.2 Å². The van der Waals surface area contributed by atoms with Crippen molar-refractivity contribution in [2.45, 2.75) is 94.9 Å². The third-order valence-electron chi connectivity index (χ3n) is 6.95. The summed E-state index contributed by atoms with van der Waals surface area (Å²) in [6.45, 7) is 1.06. The fraction of sp³-hybridized carbons (Fsp3) is 0.727. The molecule has 3 fully saturated rings. The van der Waals surface area contributed by atoms with Gasteiger partial charge in [-0.05, 0) is 50.0 Å². The van der Waals surface area contributed by atoms with Crippen molar-refractivity contribution in [2.75, 3.05) is 0 Å². The quantitative estimate of drug-likeness (QED) is 0.831. The number of nitrogens with zero attached hydrogens (tertiary/aromatic N) is 1. The molecule has 2 aliphatic heterocycles. The predicted octanol–water partition coefficient (Wildman–Crippen LogP) is 4.91. The van der Waals surface area contributed by atoms with Gasteiger partial charge < -0.3 is 5.11 Å². The van der Waals surface area contributed by atoms with Crippen LogP contribution in [-0.2, 0) is 6.54 Å². The summed E-state index contributed by atoms with van der Waals surface area (Å²) >= 11 is 0. The lowest BCUT2D eigenvalue weighted by Crippen LogP contribution is -2.50. The van der Waals surface area contributed by atoms with Crippen LogP contribution in [0.3, 0.4) is 0 Å². The molecule has 2 atom stereocenters. The Labute approximate surface area is 147 Å². The van der Waals surface area contributed by atoms with E-state index in [0.717, 1.165) is 31.7 Å². The molecule has 2 heteroatoms. The van der Waals surface area contributed by atoms with E-state index < -0.39 is 0 Å². The van der Waals surface area contributed by atoms with Gasteiger partial charge in [-0.1, -0.05) is 62.4 Å². The summed E-state index contributed by atoms with van der Waals surface area (Å²) in [7, 11) is 0. The van der Waals surface area contributed by atoms with Crippen LogP contribution in [0.2, 0.25) is 0 Å². The first-order chi connectivity index (χ1) is 11.7. The number of hydrogen-bond donors (Lipinski definition) is 1. The molecule has 0 radical (unpaired) electrons. The topological polar surface area (TPSA) is 23.5 Å². The zero-order valence-electron chi connectivity index (χ0n) is 15.0. The molecule has 132 valence electrons. The molecule has 2 saturated heterocycles. The first kappa shape index (κ1) is 16.6. The maximum absolute atomic E-state index is 11.2. The van der Waals surface area contributed by atoms with E-state index in [1.54, 1.807) is 0 Å². The van der Waals surface area contributed by atoms with E-state index >= 15 is 0 Å². The van der Waals surface area contributed by atoms with Gasteiger partial charge in [0.15, 0.2) is 0 Å². The number of aliphatic hydroxyl groups is 1. The van der Waals surface area contributed by atoms with E-state index in [1.807, 2.05) is 0 Å². The Balaban J connectivity index is 1.34. The Morgan fingerprint density at radius 3 is 2.25 bits per heavy atom.